The van der Waals surface area contributed by atoms with Crippen LogP contribution in [0.2, 0.25) is 5.15 Å². The minimum absolute atomic E-state index is 0.0566. The number of Topliss-reactive ketones (excluding diaryl/α,β-unsaturated/α-hetero) is 1. The van der Waals surface area contributed by atoms with Crippen LogP contribution in [-0.4, -0.2) is 42.5 Å². The fourth-order valence-corrected chi connectivity index (χ4v) is 2.94. The summed E-state index contributed by atoms with van der Waals surface area (Å²) < 4.78 is 37.5. The first-order valence-corrected chi connectivity index (χ1v) is 7.93. The Hall–Kier alpha value is -1.34. The number of nitrogens with one attached hydrogen (secondary N) is 2. The van der Waals surface area contributed by atoms with Crippen LogP contribution < -0.4 is 10.6 Å². The van der Waals surface area contributed by atoms with Crippen molar-refractivity contribution in [2.75, 3.05) is 18.5 Å². The van der Waals surface area contributed by atoms with Crippen molar-refractivity contribution in [3.05, 3.63) is 23.0 Å². The van der Waals surface area contributed by atoms with E-state index in [0.29, 0.717) is 6.54 Å². The first-order valence-electron chi connectivity index (χ1n) is 7.55. The minimum atomic E-state index is -3.08. The lowest BCUT2D eigenvalue weighted by Crippen LogP contribution is -2.38. The van der Waals surface area contributed by atoms with Crippen LogP contribution in [0.5, 0.6) is 0 Å². The normalized spacial score (nSPS) is 21.4. The molecule has 0 spiro atoms. The second kappa shape index (κ2) is 8.49. The van der Waals surface area contributed by atoms with Gasteiger partial charge in [-0.1, -0.05) is 11.6 Å². The third-order valence-electron chi connectivity index (χ3n) is 3.95. The van der Waals surface area contributed by atoms with Crippen LogP contribution in [0.25, 0.3) is 0 Å². The van der Waals surface area contributed by atoms with Crippen molar-refractivity contribution >= 4 is 23.1 Å². The molecule has 2 N–H and O–H groups in total. The van der Waals surface area contributed by atoms with E-state index >= 15 is 0 Å². The molecule has 0 radical (unpaired) electrons. The molecule has 1 aliphatic rings. The highest BCUT2D eigenvalue weighted by molar-refractivity contribution is 6.29. The van der Waals surface area contributed by atoms with Gasteiger partial charge >= 0.3 is 6.43 Å². The van der Waals surface area contributed by atoms with Crippen molar-refractivity contribution < 1.29 is 18.0 Å². The van der Waals surface area contributed by atoms with E-state index in [1.807, 2.05) is 0 Å². The molecule has 0 atom stereocenters. The number of hydrogen-bond acceptors (Lipinski definition) is 4. The molecule has 1 aromatic heterocycles. The van der Waals surface area contributed by atoms with Crippen LogP contribution in [-0.2, 0) is 0 Å². The standard InChI is InChI=1S/C15H19ClF3N3O/c16-13-7-12(11(8-21-13)14(23)15(18)19)22-10-3-1-9(2-4-10)20-6-5-17/h7-10,15,20H,1-6H2,(H,21,22). The van der Waals surface area contributed by atoms with Crippen LogP contribution in [0.1, 0.15) is 36.0 Å². The van der Waals surface area contributed by atoms with Gasteiger partial charge in [0, 0.05) is 24.8 Å². The third-order valence-corrected chi connectivity index (χ3v) is 4.16. The number of carbonyl (C=O) groups excluding carboxylic acids is 1. The number of pyridine rings is 1. The second-order valence-electron chi connectivity index (χ2n) is 5.55. The van der Waals surface area contributed by atoms with Crippen LogP contribution in [0, 0.1) is 0 Å². The summed E-state index contributed by atoms with van der Waals surface area (Å²) in [5.74, 6) is -1.27. The van der Waals surface area contributed by atoms with Crippen molar-refractivity contribution in [1.82, 2.24) is 10.3 Å². The summed E-state index contributed by atoms with van der Waals surface area (Å²) in [6.45, 7) is -0.0530. The number of aromatic nitrogens is 1. The van der Waals surface area contributed by atoms with Gasteiger partial charge in [-0.25, -0.2) is 18.2 Å². The predicted octanol–water partition coefficient (Wildman–Crippen LogP) is 3.47. The minimum Gasteiger partial charge on any atom is -0.382 e. The zero-order valence-electron chi connectivity index (χ0n) is 12.5. The van der Waals surface area contributed by atoms with E-state index in [1.165, 1.54) is 6.07 Å². The summed E-state index contributed by atoms with van der Waals surface area (Å²) in [6.07, 6.45) is 1.30. The van der Waals surface area contributed by atoms with Crippen molar-refractivity contribution in [1.29, 1.82) is 0 Å². The van der Waals surface area contributed by atoms with E-state index in [9.17, 15) is 18.0 Å². The molecule has 1 aromatic rings. The number of ketones is 1. The fourth-order valence-electron chi connectivity index (χ4n) is 2.78. The molecule has 0 unspecified atom stereocenters. The number of alkyl halides is 3. The van der Waals surface area contributed by atoms with Gasteiger partial charge in [0.2, 0.25) is 5.78 Å². The average molecular weight is 350 g/mol. The summed E-state index contributed by atoms with van der Waals surface area (Å²) in [5, 5.41) is 6.38. The van der Waals surface area contributed by atoms with Gasteiger partial charge in [0.25, 0.3) is 0 Å². The number of nitrogens with zero attached hydrogens (tertiary/aromatic N) is 1. The fraction of sp³-hybridized carbons (Fsp3) is 0.600. The molecule has 2 rings (SSSR count). The average Bonchev–Trinajstić information content (AvgIpc) is 2.54. The van der Waals surface area contributed by atoms with E-state index in [-0.39, 0.29) is 28.5 Å². The maximum absolute atomic E-state index is 12.7. The zero-order valence-corrected chi connectivity index (χ0v) is 13.3. The Bertz CT molecular complexity index is 537. The van der Waals surface area contributed by atoms with Crippen molar-refractivity contribution in [3.8, 4) is 0 Å². The van der Waals surface area contributed by atoms with Gasteiger partial charge in [-0.3, -0.25) is 4.79 Å². The van der Waals surface area contributed by atoms with Crippen LogP contribution in [0.4, 0.5) is 18.9 Å². The molecule has 8 heteroatoms. The molecule has 23 heavy (non-hydrogen) atoms. The Morgan fingerprint density at radius 2 is 1.96 bits per heavy atom. The molecular formula is C15H19ClF3N3O. The molecule has 0 bridgehead atoms. The molecule has 1 saturated carbocycles. The van der Waals surface area contributed by atoms with Crippen LogP contribution >= 0.6 is 11.6 Å². The molecule has 1 heterocycles. The van der Waals surface area contributed by atoms with Gasteiger partial charge in [-0.15, -0.1) is 0 Å². The molecule has 128 valence electrons. The van der Waals surface area contributed by atoms with Crippen LogP contribution in [0.3, 0.4) is 0 Å². The Balaban J connectivity index is 2.00. The number of carbonyl (C=O) groups is 1. The molecule has 1 fully saturated rings. The van der Waals surface area contributed by atoms with E-state index < -0.39 is 18.9 Å². The highest BCUT2D eigenvalue weighted by atomic mass is 35.5. The lowest BCUT2D eigenvalue weighted by Gasteiger charge is -2.30. The maximum Gasteiger partial charge on any atom is 0.300 e. The Morgan fingerprint density at radius 3 is 2.57 bits per heavy atom. The van der Waals surface area contributed by atoms with Crippen molar-refractivity contribution in [2.45, 2.75) is 44.2 Å². The summed E-state index contributed by atoms with van der Waals surface area (Å²) in [6, 6.07) is 1.72. The molecule has 0 aromatic carbocycles. The first-order chi connectivity index (χ1) is 11.0. The Morgan fingerprint density at radius 1 is 1.30 bits per heavy atom. The largest absolute Gasteiger partial charge is 0.382 e. The first kappa shape index (κ1) is 18.0. The van der Waals surface area contributed by atoms with Gasteiger partial charge in [0.1, 0.15) is 11.8 Å². The van der Waals surface area contributed by atoms with Gasteiger partial charge in [0.15, 0.2) is 0 Å². The van der Waals surface area contributed by atoms with E-state index in [1.54, 1.807) is 0 Å². The van der Waals surface area contributed by atoms with E-state index in [0.717, 1.165) is 31.9 Å². The topological polar surface area (TPSA) is 54.0 Å². The number of hydrogen-bond donors (Lipinski definition) is 2. The number of halogens is 4. The van der Waals surface area contributed by atoms with Gasteiger partial charge in [-0.05, 0) is 31.7 Å². The second-order valence-corrected chi connectivity index (χ2v) is 5.94. The molecule has 0 aliphatic heterocycles. The Labute approximate surface area is 137 Å². The van der Waals surface area contributed by atoms with Gasteiger partial charge < -0.3 is 10.6 Å². The predicted molar refractivity (Wildman–Crippen MR) is 83.2 cm³/mol. The summed E-state index contributed by atoms with van der Waals surface area (Å²) in [4.78, 5) is 15.3. The lowest BCUT2D eigenvalue weighted by atomic mass is 9.91. The van der Waals surface area contributed by atoms with E-state index in [2.05, 4.69) is 15.6 Å². The number of anilines is 1. The highest BCUT2D eigenvalue weighted by Gasteiger charge is 2.25. The SMILES string of the molecule is O=C(c1cnc(Cl)cc1NC1CCC(NCCF)CC1)C(F)F. The summed E-state index contributed by atoms with van der Waals surface area (Å²) >= 11 is 5.80. The number of rotatable bonds is 7. The molecular weight excluding hydrogens is 331 g/mol. The maximum atomic E-state index is 12.7. The molecule has 1 aliphatic carbocycles. The summed E-state index contributed by atoms with van der Waals surface area (Å²) in [5.41, 5.74) is 0.137. The van der Waals surface area contributed by atoms with Gasteiger partial charge in [-0.2, -0.15) is 0 Å². The van der Waals surface area contributed by atoms with Gasteiger partial charge in [0.05, 0.1) is 11.3 Å². The van der Waals surface area contributed by atoms with Crippen molar-refractivity contribution in [2.24, 2.45) is 0 Å². The smallest absolute Gasteiger partial charge is 0.300 e. The Kier molecular flexibility index (Phi) is 6.65. The highest BCUT2D eigenvalue weighted by Crippen LogP contribution is 2.26. The third kappa shape index (κ3) is 5.07. The monoisotopic (exact) mass is 349 g/mol. The lowest BCUT2D eigenvalue weighted by molar-refractivity contribution is 0.0679. The van der Waals surface area contributed by atoms with E-state index in [4.69, 9.17) is 11.6 Å². The molecule has 0 saturated heterocycles. The quantitative estimate of drug-likeness (QED) is 0.584. The summed E-state index contributed by atoms with van der Waals surface area (Å²) in [7, 11) is 0. The van der Waals surface area contributed by atoms with Crippen molar-refractivity contribution in [3.63, 3.8) is 0 Å². The zero-order chi connectivity index (χ0) is 16.8. The van der Waals surface area contributed by atoms with Crippen LogP contribution in [0.15, 0.2) is 12.3 Å². The molecule has 4 nitrogen and oxygen atoms in total. The molecule has 0 amide bonds.